The van der Waals surface area contributed by atoms with E-state index in [-0.39, 0.29) is 16.8 Å². The summed E-state index contributed by atoms with van der Waals surface area (Å²) in [6.07, 6.45) is 1.64. The molecule has 5 aromatic rings. The number of nitrogens with zero attached hydrogens (tertiary/aromatic N) is 2. The summed E-state index contributed by atoms with van der Waals surface area (Å²) in [7, 11) is 0. The normalized spacial score (nSPS) is 14.8. The van der Waals surface area contributed by atoms with Crippen LogP contribution >= 0.6 is 11.6 Å². The molecule has 3 aromatic carbocycles. The Morgan fingerprint density at radius 3 is 2.53 bits per heavy atom. The maximum absolute atomic E-state index is 13.8. The molecule has 1 aliphatic rings. The van der Waals surface area contributed by atoms with Crippen LogP contribution < -0.4 is 15.1 Å². The number of fused-ring (bicyclic) bond motifs is 2. The summed E-state index contributed by atoms with van der Waals surface area (Å²) in [4.78, 5) is 33.4. The molecule has 36 heavy (non-hydrogen) atoms. The van der Waals surface area contributed by atoms with Gasteiger partial charge in [0.2, 0.25) is 5.76 Å². The summed E-state index contributed by atoms with van der Waals surface area (Å²) in [5.41, 5.74) is 1.86. The second kappa shape index (κ2) is 8.66. The van der Waals surface area contributed by atoms with Crippen LogP contribution in [0.2, 0.25) is 5.02 Å². The number of aryl methyl sites for hydroxylation is 1. The fraction of sp³-hybridized carbons (Fsp3) is 0.0690. The molecular weight excluding hydrogens is 476 g/mol. The number of halogens is 1. The highest BCUT2D eigenvalue weighted by atomic mass is 35.5. The highest BCUT2D eigenvalue weighted by Crippen LogP contribution is 2.41. The number of hydrogen-bond donors (Lipinski definition) is 0. The van der Waals surface area contributed by atoms with Gasteiger partial charge in [-0.1, -0.05) is 41.9 Å². The summed E-state index contributed by atoms with van der Waals surface area (Å²) in [6.45, 7) is 1.92. The lowest BCUT2D eigenvalue weighted by Crippen LogP contribution is -2.30. The number of para-hydroxylation sites is 1. The van der Waals surface area contributed by atoms with E-state index in [1.807, 2.05) is 73.7 Å². The molecule has 176 valence electrons. The van der Waals surface area contributed by atoms with E-state index in [0.29, 0.717) is 38.9 Å². The molecule has 1 unspecified atom stereocenters. The minimum absolute atomic E-state index is 0.00231. The standard InChI is InChI=1S/C29H19ClN2O4/c1-17-12-13-31-24(14-17)32-26(18-6-5-9-21(15-18)35-20-7-3-2-4-8-20)25-27(33)22-16-19(30)10-11-23(22)36-28(25)29(32)34/h2-16,26H,1H3. The number of anilines is 1. The molecule has 0 spiro atoms. The van der Waals surface area contributed by atoms with Crippen molar-refractivity contribution in [3.8, 4) is 11.5 Å². The van der Waals surface area contributed by atoms with E-state index in [2.05, 4.69) is 4.98 Å². The zero-order chi connectivity index (χ0) is 24.8. The first kappa shape index (κ1) is 22.1. The second-order valence-electron chi connectivity index (χ2n) is 8.57. The third kappa shape index (κ3) is 3.72. The highest BCUT2D eigenvalue weighted by Gasteiger charge is 2.44. The second-order valence-corrected chi connectivity index (χ2v) is 9.01. The minimum Gasteiger partial charge on any atom is -0.457 e. The van der Waals surface area contributed by atoms with Crippen LogP contribution in [0.4, 0.5) is 5.82 Å². The summed E-state index contributed by atoms with van der Waals surface area (Å²) in [6, 6.07) is 24.4. The van der Waals surface area contributed by atoms with E-state index in [0.717, 1.165) is 5.56 Å². The third-order valence-corrected chi connectivity index (χ3v) is 6.37. The van der Waals surface area contributed by atoms with Crippen molar-refractivity contribution in [2.45, 2.75) is 13.0 Å². The number of benzene rings is 3. The summed E-state index contributed by atoms with van der Waals surface area (Å²) < 4.78 is 12.0. The van der Waals surface area contributed by atoms with Gasteiger partial charge in [-0.25, -0.2) is 4.98 Å². The predicted octanol–water partition coefficient (Wildman–Crippen LogP) is 6.69. The fourth-order valence-electron chi connectivity index (χ4n) is 4.52. The first-order chi connectivity index (χ1) is 17.5. The summed E-state index contributed by atoms with van der Waals surface area (Å²) in [5.74, 6) is 1.24. The molecule has 0 N–H and O–H groups in total. The Balaban J connectivity index is 1.56. The molecule has 1 atom stereocenters. The first-order valence-corrected chi connectivity index (χ1v) is 11.7. The molecule has 6 rings (SSSR count). The smallest absolute Gasteiger partial charge is 0.296 e. The lowest BCUT2D eigenvalue weighted by molar-refractivity contribution is 0.0970. The molecule has 0 radical (unpaired) electrons. The monoisotopic (exact) mass is 494 g/mol. The van der Waals surface area contributed by atoms with Gasteiger partial charge in [0.05, 0.1) is 17.0 Å². The Kier molecular flexibility index (Phi) is 5.31. The maximum atomic E-state index is 13.8. The topological polar surface area (TPSA) is 72.6 Å². The van der Waals surface area contributed by atoms with Crippen molar-refractivity contribution >= 4 is 34.3 Å². The van der Waals surface area contributed by atoms with Crippen molar-refractivity contribution in [3.05, 3.63) is 129 Å². The van der Waals surface area contributed by atoms with Crippen molar-refractivity contribution in [1.82, 2.24) is 4.98 Å². The van der Waals surface area contributed by atoms with Crippen molar-refractivity contribution in [2.75, 3.05) is 4.90 Å². The van der Waals surface area contributed by atoms with E-state index >= 15 is 0 Å². The molecule has 2 aromatic heterocycles. The zero-order valence-corrected chi connectivity index (χ0v) is 19.9. The summed E-state index contributed by atoms with van der Waals surface area (Å²) >= 11 is 6.18. The molecule has 0 saturated heterocycles. The molecule has 0 saturated carbocycles. The van der Waals surface area contributed by atoms with Crippen LogP contribution in [0, 0.1) is 6.92 Å². The van der Waals surface area contributed by atoms with Gasteiger partial charge in [-0.2, -0.15) is 0 Å². The third-order valence-electron chi connectivity index (χ3n) is 6.13. The van der Waals surface area contributed by atoms with Gasteiger partial charge >= 0.3 is 0 Å². The number of amides is 1. The van der Waals surface area contributed by atoms with Crippen LogP contribution in [0.25, 0.3) is 11.0 Å². The molecule has 0 aliphatic carbocycles. The molecular formula is C29H19ClN2O4. The van der Waals surface area contributed by atoms with E-state index in [1.54, 1.807) is 24.4 Å². The Bertz CT molecular complexity index is 1700. The van der Waals surface area contributed by atoms with Gasteiger partial charge in [0, 0.05) is 11.2 Å². The highest BCUT2D eigenvalue weighted by molar-refractivity contribution is 6.31. The minimum atomic E-state index is -0.763. The largest absolute Gasteiger partial charge is 0.457 e. The average molecular weight is 495 g/mol. The van der Waals surface area contributed by atoms with Gasteiger partial charge in [0.25, 0.3) is 5.91 Å². The molecule has 1 amide bonds. The number of aromatic nitrogens is 1. The fourth-order valence-corrected chi connectivity index (χ4v) is 4.69. The van der Waals surface area contributed by atoms with Crippen molar-refractivity contribution in [2.24, 2.45) is 0 Å². The van der Waals surface area contributed by atoms with Crippen LogP contribution in [0.1, 0.15) is 33.3 Å². The van der Waals surface area contributed by atoms with Gasteiger partial charge in [0.1, 0.15) is 22.9 Å². The van der Waals surface area contributed by atoms with Gasteiger partial charge in [-0.05, 0) is 72.6 Å². The Morgan fingerprint density at radius 2 is 1.72 bits per heavy atom. The van der Waals surface area contributed by atoms with Gasteiger partial charge in [-0.15, -0.1) is 0 Å². The van der Waals surface area contributed by atoms with E-state index in [9.17, 15) is 9.59 Å². The first-order valence-electron chi connectivity index (χ1n) is 11.3. The molecule has 7 heteroatoms. The van der Waals surface area contributed by atoms with Crippen LogP contribution in [-0.4, -0.2) is 10.9 Å². The Morgan fingerprint density at radius 1 is 0.917 bits per heavy atom. The Labute approximate surface area is 211 Å². The number of carbonyl (C=O) groups excluding carboxylic acids is 1. The maximum Gasteiger partial charge on any atom is 0.296 e. The average Bonchev–Trinajstić information content (AvgIpc) is 3.18. The number of rotatable bonds is 4. The van der Waals surface area contributed by atoms with Gasteiger partial charge in [-0.3, -0.25) is 14.5 Å². The van der Waals surface area contributed by atoms with Crippen LogP contribution in [0.5, 0.6) is 11.5 Å². The molecule has 3 heterocycles. The number of hydrogen-bond acceptors (Lipinski definition) is 5. The van der Waals surface area contributed by atoms with E-state index < -0.39 is 11.9 Å². The molecule has 1 aliphatic heterocycles. The lowest BCUT2D eigenvalue weighted by Gasteiger charge is -2.24. The van der Waals surface area contributed by atoms with Gasteiger partial charge < -0.3 is 9.15 Å². The molecule has 0 bridgehead atoms. The molecule has 0 fully saturated rings. The summed E-state index contributed by atoms with van der Waals surface area (Å²) in [5, 5.41) is 0.723. The Hall–Kier alpha value is -4.42. The van der Waals surface area contributed by atoms with Crippen molar-refractivity contribution in [3.63, 3.8) is 0 Å². The van der Waals surface area contributed by atoms with Crippen LogP contribution in [0.15, 0.2) is 100 Å². The van der Waals surface area contributed by atoms with Gasteiger partial charge in [0.15, 0.2) is 5.43 Å². The van der Waals surface area contributed by atoms with E-state index in [4.69, 9.17) is 20.8 Å². The number of ether oxygens (including phenoxy) is 1. The quantitative estimate of drug-likeness (QED) is 0.278. The predicted molar refractivity (Wildman–Crippen MR) is 138 cm³/mol. The number of pyridine rings is 1. The van der Waals surface area contributed by atoms with Crippen molar-refractivity contribution < 1.29 is 13.9 Å². The molecule has 6 nitrogen and oxygen atoms in total. The van der Waals surface area contributed by atoms with Crippen LogP contribution in [-0.2, 0) is 0 Å². The zero-order valence-electron chi connectivity index (χ0n) is 19.1. The van der Waals surface area contributed by atoms with Crippen LogP contribution in [0.3, 0.4) is 0 Å². The lowest BCUT2D eigenvalue weighted by atomic mass is 9.98. The number of carbonyl (C=O) groups is 1. The van der Waals surface area contributed by atoms with E-state index in [1.165, 1.54) is 4.90 Å². The van der Waals surface area contributed by atoms with Crippen molar-refractivity contribution in [1.29, 1.82) is 0 Å². The SMILES string of the molecule is Cc1ccnc(N2C(=O)c3oc4ccc(Cl)cc4c(=O)c3C2c2cccc(Oc3ccccc3)c2)c1.